The minimum Gasteiger partial charge on any atom is -0.310 e. The molecule has 0 aromatic heterocycles. The van der Waals surface area contributed by atoms with E-state index in [1.807, 2.05) is 11.8 Å². The Bertz CT molecular complexity index is 476. The number of rotatable bonds is 5. The first-order valence-corrected chi connectivity index (χ1v) is 8.45. The van der Waals surface area contributed by atoms with Gasteiger partial charge in [-0.2, -0.15) is 11.8 Å². The molecule has 0 heterocycles. The average molecular weight is 315 g/mol. The molecule has 2 rings (SSSR count). The van der Waals surface area contributed by atoms with E-state index in [0.29, 0.717) is 17.6 Å². The second kappa shape index (κ2) is 7.29. The van der Waals surface area contributed by atoms with Gasteiger partial charge < -0.3 is 5.32 Å². The Morgan fingerprint density at radius 1 is 1.40 bits per heavy atom. The number of hydrogen-bond acceptors (Lipinski definition) is 4. The van der Waals surface area contributed by atoms with E-state index in [4.69, 9.17) is 11.6 Å². The third-order valence-electron chi connectivity index (χ3n) is 3.84. The molecule has 0 amide bonds. The van der Waals surface area contributed by atoms with Crippen LogP contribution in [0, 0.1) is 10.1 Å². The monoisotopic (exact) mass is 314 g/mol. The van der Waals surface area contributed by atoms with Crippen LogP contribution >= 0.6 is 23.4 Å². The molecule has 1 N–H and O–H groups in total. The quantitative estimate of drug-likeness (QED) is 0.659. The van der Waals surface area contributed by atoms with Gasteiger partial charge in [0.05, 0.1) is 9.95 Å². The molecule has 20 heavy (non-hydrogen) atoms. The Morgan fingerprint density at radius 2 is 2.10 bits per heavy atom. The van der Waals surface area contributed by atoms with E-state index in [2.05, 4.69) is 11.6 Å². The lowest BCUT2D eigenvalue weighted by Gasteiger charge is -2.28. The second-order valence-electron chi connectivity index (χ2n) is 5.12. The zero-order chi connectivity index (χ0) is 14.5. The van der Waals surface area contributed by atoms with Crippen LogP contribution in [0.3, 0.4) is 0 Å². The van der Waals surface area contributed by atoms with Crippen molar-refractivity contribution in [3.05, 3.63) is 38.9 Å². The van der Waals surface area contributed by atoms with E-state index >= 15 is 0 Å². The Hall–Kier alpha value is -0.780. The van der Waals surface area contributed by atoms with Gasteiger partial charge in [0, 0.05) is 30.0 Å². The Kier molecular flexibility index (Phi) is 5.69. The SMILES string of the molecule is CSC1CCC(NCc2ccc([N+](=O)[O-])cc2Cl)CC1. The van der Waals surface area contributed by atoms with Crippen molar-refractivity contribution in [2.24, 2.45) is 0 Å². The van der Waals surface area contributed by atoms with Crippen molar-refractivity contribution < 1.29 is 4.92 Å². The molecule has 0 aliphatic heterocycles. The second-order valence-corrected chi connectivity index (χ2v) is 6.67. The fourth-order valence-corrected chi connectivity index (χ4v) is 3.54. The largest absolute Gasteiger partial charge is 0.310 e. The normalized spacial score (nSPS) is 22.7. The minimum atomic E-state index is -0.424. The summed E-state index contributed by atoms with van der Waals surface area (Å²) in [5.74, 6) is 0. The van der Waals surface area contributed by atoms with Crippen molar-refractivity contribution in [1.29, 1.82) is 0 Å². The summed E-state index contributed by atoms with van der Waals surface area (Å²) in [4.78, 5) is 10.2. The molecule has 1 saturated carbocycles. The van der Waals surface area contributed by atoms with Gasteiger partial charge in [-0.15, -0.1) is 0 Å². The first kappa shape index (κ1) is 15.6. The summed E-state index contributed by atoms with van der Waals surface area (Å²) in [6.07, 6.45) is 7.07. The Morgan fingerprint density at radius 3 is 2.65 bits per heavy atom. The first-order valence-electron chi connectivity index (χ1n) is 6.79. The summed E-state index contributed by atoms with van der Waals surface area (Å²) in [6.45, 7) is 0.672. The zero-order valence-electron chi connectivity index (χ0n) is 11.5. The lowest BCUT2D eigenvalue weighted by atomic mass is 9.95. The van der Waals surface area contributed by atoms with Crippen molar-refractivity contribution in [2.75, 3.05) is 6.26 Å². The van der Waals surface area contributed by atoms with E-state index in [9.17, 15) is 10.1 Å². The molecule has 0 bridgehead atoms. The summed E-state index contributed by atoms with van der Waals surface area (Å²) < 4.78 is 0. The van der Waals surface area contributed by atoms with Crippen LogP contribution in [0.1, 0.15) is 31.2 Å². The highest BCUT2D eigenvalue weighted by Crippen LogP contribution is 2.27. The van der Waals surface area contributed by atoms with Gasteiger partial charge in [0.15, 0.2) is 0 Å². The number of nitrogens with zero attached hydrogens (tertiary/aromatic N) is 1. The fraction of sp³-hybridized carbons (Fsp3) is 0.571. The molecular weight excluding hydrogens is 296 g/mol. The van der Waals surface area contributed by atoms with Crippen LogP contribution in [0.2, 0.25) is 5.02 Å². The molecule has 6 heteroatoms. The third kappa shape index (κ3) is 4.11. The van der Waals surface area contributed by atoms with E-state index in [0.717, 1.165) is 10.8 Å². The number of benzene rings is 1. The molecule has 1 aromatic carbocycles. The maximum Gasteiger partial charge on any atom is 0.270 e. The molecule has 1 fully saturated rings. The van der Waals surface area contributed by atoms with Gasteiger partial charge in [0.25, 0.3) is 5.69 Å². The zero-order valence-corrected chi connectivity index (χ0v) is 13.0. The maximum atomic E-state index is 10.7. The molecule has 4 nitrogen and oxygen atoms in total. The fourth-order valence-electron chi connectivity index (χ4n) is 2.55. The van der Waals surface area contributed by atoms with Crippen LogP contribution in [-0.2, 0) is 6.54 Å². The lowest BCUT2D eigenvalue weighted by Crippen LogP contribution is -2.33. The van der Waals surface area contributed by atoms with Gasteiger partial charge >= 0.3 is 0 Å². The highest BCUT2D eigenvalue weighted by molar-refractivity contribution is 7.99. The molecule has 0 saturated heterocycles. The standard InChI is InChI=1S/C14H19ClN2O2S/c1-20-13-6-3-11(4-7-13)16-9-10-2-5-12(17(18)19)8-14(10)15/h2,5,8,11,13,16H,3-4,6-7,9H2,1H3. The third-order valence-corrected chi connectivity index (χ3v) is 5.33. The van der Waals surface area contributed by atoms with Crippen LogP contribution in [-0.4, -0.2) is 22.5 Å². The van der Waals surface area contributed by atoms with Crippen molar-refractivity contribution in [1.82, 2.24) is 5.32 Å². The van der Waals surface area contributed by atoms with Crippen molar-refractivity contribution >= 4 is 29.1 Å². The van der Waals surface area contributed by atoms with E-state index in [1.165, 1.54) is 37.8 Å². The number of thioether (sulfide) groups is 1. The van der Waals surface area contributed by atoms with E-state index in [1.54, 1.807) is 6.07 Å². The van der Waals surface area contributed by atoms with E-state index in [-0.39, 0.29) is 5.69 Å². The number of halogens is 1. The minimum absolute atomic E-state index is 0.0410. The molecule has 1 aromatic rings. The van der Waals surface area contributed by atoms with Gasteiger partial charge in [-0.3, -0.25) is 10.1 Å². The number of nitro groups is 1. The van der Waals surface area contributed by atoms with Crippen molar-refractivity contribution in [3.8, 4) is 0 Å². The highest BCUT2D eigenvalue weighted by Gasteiger charge is 2.20. The summed E-state index contributed by atoms with van der Waals surface area (Å²) in [5, 5.41) is 15.4. The number of hydrogen-bond donors (Lipinski definition) is 1. The van der Waals surface area contributed by atoms with E-state index < -0.39 is 4.92 Å². The molecule has 1 aliphatic rings. The summed E-state index contributed by atoms with van der Waals surface area (Å²) in [6, 6.07) is 5.20. The van der Waals surface area contributed by atoms with Crippen LogP contribution in [0.4, 0.5) is 5.69 Å². The van der Waals surface area contributed by atoms with Crippen molar-refractivity contribution in [2.45, 2.75) is 43.5 Å². The molecule has 0 atom stereocenters. The predicted molar refractivity (Wildman–Crippen MR) is 84.5 cm³/mol. The van der Waals surface area contributed by atoms with Gasteiger partial charge in [-0.05, 0) is 43.6 Å². The van der Waals surface area contributed by atoms with Crippen molar-refractivity contribution in [3.63, 3.8) is 0 Å². The molecule has 0 spiro atoms. The Balaban J connectivity index is 1.87. The maximum absolute atomic E-state index is 10.7. The molecule has 0 unspecified atom stereocenters. The smallest absolute Gasteiger partial charge is 0.270 e. The van der Waals surface area contributed by atoms with Crippen LogP contribution in [0.15, 0.2) is 18.2 Å². The molecule has 1 aliphatic carbocycles. The lowest BCUT2D eigenvalue weighted by molar-refractivity contribution is -0.384. The van der Waals surface area contributed by atoms with Gasteiger partial charge in [0.2, 0.25) is 0 Å². The van der Waals surface area contributed by atoms with Gasteiger partial charge in [0.1, 0.15) is 0 Å². The summed E-state index contributed by atoms with van der Waals surface area (Å²) in [7, 11) is 0. The molecular formula is C14H19ClN2O2S. The first-order chi connectivity index (χ1) is 9.60. The van der Waals surface area contributed by atoms with Crippen LogP contribution in [0.25, 0.3) is 0 Å². The summed E-state index contributed by atoms with van der Waals surface area (Å²) in [5.41, 5.74) is 0.962. The molecule has 110 valence electrons. The molecule has 0 radical (unpaired) electrons. The van der Waals surface area contributed by atoms with Crippen LogP contribution in [0.5, 0.6) is 0 Å². The number of nitro benzene ring substituents is 1. The number of nitrogens with one attached hydrogen (secondary N) is 1. The topological polar surface area (TPSA) is 55.2 Å². The number of non-ortho nitro benzene ring substituents is 1. The predicted octanol–water partition coefficient (Wildman–Crippen LogP) is 4.01. The summed E-state index contributed by atoms with van der Waals surface area (Å²) >= 11 is 8.05. The highest BCUT2D eigenvalue weighted by atomic mass is 35.5. The van der Waals surface area contributed by atoms with Crippen LogP contribution < -0.4 is 5.32 Å². The Labute approximate surface area is 128 Å². The average Bonchev–Trinajstić information content (AvgIpc) is 2.46. The van der Waals surface area contributed by atoms with Gasteiger partial charge in [-0.25, -0.2) is 0 Å². The van der Waals surface area contributed by atoms with Gasteiger partial charge in [-0.1, -0.05) is 11.6 Å².